The standard InChI is InChI=1S/C15H15BrFNO2S/c1-10-6-7-15(14(16)8-10)21(19,20)18-11(2)12-4-3-5-13(17)9-12/h3-9,11,18H,1-2H3/t11-/m1/s1. The van der Waals surface area contributed by atoms with Crippen molar-refractivity contribution in [1.29, 1.82) is 0 Å². The lowest BCUT2D eigenvalue weighted by Gasteiger charge is -2.15. The van der Waals surface area contributed by atoms with Crippen LogP contribution in [0.3, 0.4) is 0 Å². The minimum Gasteiger partial charge on any atom is -0.207 e. The van der Waals surface area contributed by atoms with E-state index in [4.69, 9.17) is 0 Å². The largest absolute Gasteiger partial charge is 0.242 e. The maximum absolute atomic E-state index is 13.2. The van der Waals surface area contributed by atoms with Gasteiger partial charge in [0.15, 0.2) is 0 Å². The molecule has 2 aromatic carbocycles. The van der Waals surface area contributed by atoms with Crippen molar-refractivity contribution >= 4 is 26.0 Å². The van der Waals surface area contributed by atoms with E-state index >= 15 is 0 Å². The predicted molar refractivity (Wildman–Crippen MR) is 84.0 cm³/mol. The molecular formula is C15H15BrFNO2S. The van der Waals surface area contributed by atoms with Crippen LogP contribution in [0.4, 0.5) is 4.39 Å². The summed E-state index contributed by atoms with van der Waals surface area (Å²) in [6.45, 7) is 3.55. The third-order valence-corrected chi connectivity index (χ3v) is 5.57. The molecule has 0 aliphatic heterocycles. The molecule has 1 atom stereocenters. The van der Waals surface area contributed by atoms with E-state index in [1.54, 1.807) is 37.3 Å². The van der Waals surface area contributed by atoms with Crippen LogP contribution in [0.1, 0.15) is 24.1 Å². The summed E-state index contributed by atoms with van der Waals surface area (Å²) < 4.78 is 41.1. The average molecular weight is 372 g/mol. The summed E-state index contributed by atoms with van der Waals surface area (Å²) in [6, 6.07) is 10.4. The van der Waals surface area contributed by atoms with E-state index in [2.05, 4.69) is 20.7 Å². The highest BCUT2D eigenvalue weighted by molar-refractivity contribution is 9.10. The fraction of sp³-hybridized carbons (Fsp3) is 0.200. The first-order valence-corrected chi connectivity index (χ1v) is 8.61. The van der Waals surface area contributed by atoms with Crippen LogP contribution < -0.4 is 4.72 Å². The molecule has 0 bridgehead atoms. The highest BCUT2D eigenvalue weighted by atomic mass is 79.9. The van der Waals surface area contributed by atoms with Crippen LogP contribution in [0.25, 0.3) is 0 Å². The van der Waals surface area contributed by atoms with Crippen LogP contribution in [0.2, 0.25) is 0 Å². The Morgan fingerprint density at radius 1 is 1.19 bits per heavy atom. The highest BCUT2D eigenvalue weighted by Gasteiger charge is 2.21. The van der Waals surface area contributed by atoms with Gasteiger partial charge in [-0.3, -0.25) is 0 Å². The molecule has 0 heterocycles. The Bertz CT molecular complexity index is 762. The highest BCUT2D eigenvalue weighted by Crippen LogP contribution is 2.25. The maximum atomic E-state index is 13.2. The molecule has 0 amide bonds. The minimum absolute atomic E-state index is 0.163. The molecule has 2 aromatic rings. The first-order chi connectivity index (χ1) is 9.79. The molecule has 0 saturated heterocycles. The first-order valence-electron chi connectivity index (χ1n) is 6.33. The molecule has 0 aliphatic carbocycles. The molecule has 0 spiro atoms. The van der Waals surface area contributed by atoms with Crippen molar-refractivity contribution in [3.05, 3.63) is 63.9 Å². The molecule has 0 aliphatic rings. The fourth-order valence-corrected chi connectivity index (χ4v) is 4.39. The zero-order chi connectivity index (χ0) is 15.6. The molecule has 6 heteroatoms. The van der Waals surface area contributed by atoms with E-state index in [1.807, 2.05) is 6.92 Å². The SMILES string of the molecule is Cc1ccc(S(=O)(=O)N[C@H](C)c2cccc(F)c2)c(Br)c1. The quantitative estimate of drug-likeness (QED) is 0.884. The molecule has 0 fully saturated rings. The van der Waals surface area contributed by atoms with E-state index in [0.717, 1.165) is 5.56 Å². The van der Waals surface area contributed by atoms with Crippen LogP contribution in [0.15, 0.2) is 51.8 Å². The van der Waals surface area contributed by atoms with Crippen LogP contribution in [-0.4, -0.2) is 8.42 Å². The lowest BCUT2D eigenvalue weighted by atomic mass is 10.1. The van der Waals surface area contributed by atoms with Crippen molar-refractivity contribution < 1.29 is 12.8 Å². The van der Waals surface area contributed by atoms with Gasteiger partial charge in [0, 0.05) is 10.5 Å². The van der Waals surface area contributed by atoms with Crippen molar-refractivity contribution in [1.82, 2.24) is 4.72 Å². The number of benzene rings is 2. The number of hydrogen-bond donors (Lipinski definition) is 1. The minimum atomic E-state index is -3.69. The Morgan fingerprint density at radius 3 is 2.52 bits per heavy atom. The van der Waals surface area contributed by atoms with E-state index in [1.165, 1.54) is 12.1 Å². The van der Waals surface area contributed by atoms with Gasteiger partial charge < -0.3 is 0 Å². The van der Waals surface area contributed by atoms with Gasteiger partial charge in [0.2, 0.25) is 10.0 Å². The summed E-state index contributed by atoms with van der Waals surface area (Å²) in [4.78, 5) is 0.163. The smallest absolute Gasteiger partial charge is 0.207 e. The molecule has 1 N–H and O–H groups in total. The number of aryl methyl sites for hydroxylation is 1. The van der Waals surface area contributed by atoms with Gasteiger partial charge in [-0.1, -0.05) is 18.2 Å². The second-order valence-electron chi connectivity index (χ2n) is 4.83. The molecule has 2 rings (SSSR count). The Labute approximate surface area is 132 Å². The van der Waals surface area contributed by atoms with Crippen molar-refractivity contribution in [3.8, 4) is 0 Å². The van der Waals surface area contributed by atoms with Crippen LogP contribution in [-0.2, 0) is 10.0 Å². The number of halogens is 2. The number of sulfonamides is 1. The van der Waals surface area contributed by atoms with Crippen LogP contribution in [0.5, 0.6) is 0 Å². The number of nitrogens with one attached hydrogen (secondary N) is 1. The summed E-state index contributed by atoms with van der Waals surface area (Å²) in [6.07, 6.45) is 0. The summed E-state index contributed by atoms with van der Waals surface area (Å²) in [7, 11) is -3.69. The Hall–Kier alpha value is -1.24. The van der Waals surface area contributed by atoms with Gasteiger partial charge in [-0.2, -0.15) is 0 Å². The molecule has 0 saturated carbocycles. The van der Waals surface area contributed by atoms with E-state index in [-0.39, 0.29) is 4.90 Å². The van der Waals surface area contributed by atoms with Gasteiger partial charge in [0.25, 0.3) is 0 Å². The van der Waals surface area contributed by atoms with Gasteiger partial charge >= 0.3 is 0 Å². The normalized spacial score (nSPS) is 13.1. The second kappa shape index (κ2) is 6.25. The fourth-order valence-electron chi connectivity index (χ4n) is 1.96. The monoisotopic (exact) mass is 371 g/mol. The predicted octanol–water partition coefficient (Wildman–Crippen LogP) is 3.94. The summed E-state index contributed by atoms with van der Waals surface area (Å²) in [5.41, 5.74) is 1.53. The van der Waals surface area contributed by atoms with Gasteiger partial charge in [-0.15, -0.1) is 0 Å². The number of rotatable bonds is 4. The molecule has 21 heavy (non-hydrogen) atoms. The van der Waals surface area contributed by atoms with Gasteiger partial charge in [-0.05, 0) is 65.2 Å². The molecule has 3 nitrogen and oxygen atoms in total. The summed E-state index contributed by atoms with van der Waals surface area (Å²) >= 11 is 3.26. The van der Waals surface area contributed by atoms with Crippen molar-refractivity contribution in [2.75, 3.05) is 0 Å². The Kier molecular flexibility index (Phi) is 4.81. The maximum Gasteiger partial charge on any atom is 0.242 e. The molecule has 0 radical (unpaired) electrons. The van der Waals surface area contributed by atoms with Gasteiger partial charge in [-0.25, -0.2) is 17.5 Å². The van der Waals surface area contributed by atoms with E-state index < -0.39 is 21.9 Å². The molecule has 112 valence electrons. The van der Waals surface area contributed by atoms with Crippen molar-refractivity contribution in [2.24, 2.45) is 0 Å². The zero-order valence-electron chi connectivity index (χ0n) is 11.6. The van der Waals surface area contributed by atoms with Gasteiger partial charge in [0.05, 0.1) is 4.90 Å². The number of hydrogen-bond acceptors (Lipinski definition) is 2. The Morgan fingerprint density at radius 2 is 1.90 bits per heavy atom. The molecular weight excluding hydrogens is 357 g/mol. The summed E-state index contributed by atoms with van der Waals surface area (Å²) in [5, 5.41) is 0. The third kappa shape index (κ3) is 3.90. The molecule has 0 aromatic heterocycles. The van der Waals surface area contributed by atoms with Crippen LogP contribution >= 0.6 is 15.9 Å². The van der Waals surface area contributed by atoms with Gasteiger partial charge in [0.1, 0.15) is 5.82 Å². The lowest BCUT2D eigenvalue weighted by molar-refractivity contribution is 0.564. The van der Waals surface area contributed by atoms with Crippen molar-refractivity contribution in [2.45, 2.75) is 24.8 Å². The summed E-state index contributed by atoms with van der Waals surface area (Å²) in [5.74, 6) is -0.393. The second-order valence-corrected chi connectivity index (χ2v) is 7.37. The lowest BCUT2D eigenvalue weighted by Crippen LogP contribution is -2.27. The van der Waals surface area contributed by atoms with E-state index in [9.17, 15) is 12.8 Å². The Balaban J connectivity index is 2.29. The van der Waals surface area contributed by atoms with Crippen molar-refractivity contribution in [3.63, 3.8) is 0 Å². The third-order valence-electron chi connectivity index (χ3n) is 3.06. The van der Waals surface area contributed by atoms with Crippen LogP contribution in [0, 0.1) is 12.7 Å². The first kappa shape index (κ1) is 16.1. The molecule has 0 unspecified atom stereocenters. The topological polar surface area (TPSA) is 46.2 Å². The zero-order valence-corrected chi connectivity index (χ0v) is 14.0. The van der Waals surface area contributed by atoms with E-state index in [0.29, 0.717) is 10.0 Å². The average Bonchev–Trinajstić information content (AvgIpc) is 2.37.